The molecule has 0 unspecified atom stereocenters. The molecule has 3 N–H and O–H groups in total. The van der Waals surface area contributed by atoms with Crippen LogP contribution in [0.1, 0.15) is 12.5 Å². The molecule has 0 aliphatic carbocycles. The van der Waals surface area contributed by atoms with Gasteiger partial charge in [-0.1, -0.05) is 43.3 Å². The van der Waals surface area contributed by atoms with E-state index in [1.54, 1.807) is 0 Å². The van der Waals surface area contributed by atoms with Gasteiger partial charge in [-0.15, -0.1) is 0 Å². The molecule has 0 radical (unpaired) electrons. The number of nitrogens with two attached hydrogens (primary N) is 1. The Morgan fingerprint density at radius 1 is 1.05 bits per heavy atom. The molecule has 0 saturated carbocycles. The Morgan fingerprint density at radius 3 is 2.70 bits per heavy atom. The maximum Gasteiger partial charge on any atom is 0.139 e. The molecule has 0 saturated heterocycles. The molecule has 1 heterocycles. The van der Waals surface area contributed by atoms with Crippen molar-refractivity contribution in [2.45, 2.75) is 13.3 Å². The number of nitrogens with one attached hydrogen (secondary N) is 1. The van der Waals surface area contributed by atoms with E-state index in [2.05, 4.69) is 33.5 Å². The lowest BCUT2D eigenvalue weighted by Gasteiger charge is -2.13. The number of aromatic nitrogens is 2. The average Bonchev–Trinajstić information content (AvgIpc) is 2.48. The summed E-state index contributed by atoms with van der Waals surface area (Å²) in [5.74, 6) is 1.31. The topological polar surface area (TPSA) is 63.8 Å². The van der Waals surface area contributed by atoms with Crippen molar-refractivity contribution < 1.29 is 0 Å². The molecule has 0 fully saturated rings. The molecule has 4 heteroatoms. The zero-order chi connectivity index (χ0) is 13.9. The van der Waals surface area contributed by atoms with Gasteiger partial charge in [0.15, 0.2) is 0 Å². The van der Waals surface area contributed by atoms with Crippen molar-refractivity contribution in [3.63, 3.8) is 0 Å². The van der Waals surface area contributed by atoms with Crippen molar-refractivity contribution in [2.75, 3.05) is 11.1 Å². The number of benzene rings is 2. The Balaban J connectivity index is 2.08. The van der Waals surface area contributed by atoms with Gasteiger partial charge in [0.1, 0.15) is 18.0 Å². The lowest BCUT2D eigenvalue weighted by Crippen LogP contribution is -2.04. The first-order chi connectivity index (χ1) is 9.79. The van der Waals surface area contributed by atoms with Crippen LogP contribution in [0, 0.1) is 0 Å². The van der Waals surface area contributed by atoms with Gasteiger partial charge in [-0.3, -0.25) is 0 Å². The Hall–Kier alpha value is -2.62. The number of fused-ring (bicyclic) bond motifs is 1. The van der Waals surface area contributed by atoms with Crippen molar-refractivity contribution in [1.29, 1.82) is 0 Å². The van der Waals surface area contributed by atoms with Crippen LogP contribution in [0.4, 0.5) is 17.3 Å². The molecular weight excluding hydrogens is 248 g/mol. The third-order valence-corrected chi connectivity index (χ3v) is 3.37. The minimum absolute atomic E-state index is 0.533. The predicted octanol–water partition coefficient (Wildman–Crippen LogP) is 3.52. The van der Waals surface area contributed by atoms with Gasteiger partial charge < -0.3 is 11.1 Å². The number of hydrogen-bond acceptors (Lipinski definition) is 4. The first kappa shape index (κ1) is 12.4. The first-order valence-corrected chi connectivity index (χ1v) is 6.63. The third-order valence-electron chi connectivity index (χ3n) is 3.37. The molecule has 4 nitrogen and oxygen atoms in total. The van der Waals surface area contributed by atoms with Gasteiger partial charge in [-0.05, 0) is 17.9 Å². The highest BCUT2D eigenvalue weighted by atomic mass is 15.0. The van der Waals surface area contributed by atoms with Crippen LogP contribution in [0.3, 0.4) is 0 Å². The number of anilines is 3. The lowest BCUT2D eigenvalue weighted by molar-refractivity contribution is 1.06. The molecule has 2 aromatic carbocycles. The highest BCUT2D eigenvalue weighted by Gasteiger charge is 2.08. The van der Waals surface area contributed by atoms with E-state index in [0.717, 1.165) is 28.9 Å². The van der Waals surface area contributed by atoms with Crippen LogP contribution in [-0.2, 0) is 6.42 Å². The van der Waals surface area contributed by atoms with Crippen LogP contribution in [0.5, 0.6) is 0 Å². The molecule has 0 bridgehead atoms. The van der Waals surface area contributed by atoms with E-state index in [4.69, 9.17) is 5.73 Å². The molecule has 0 spiro atoms. The summed E-state index contributed by atoms with van der Waals surface area (Å²) >= 11 is 0. The average molecular weight is 264 g/mol. The second-order valence-corrected chi connectivity index (χ2v) is 4.59. The summed E-state index contributed by atoms with van der Waals surface area (Å²) in [6.45, 7) is 2.04. The smallest absolute Gasteiger partial charge is 0.139 e. The van der Waals surface area contributed by atoms with E-state index < -0.39 is 0 Å². The molecule has 0 atom stereocenters. The molecule has 0 aliphatic heterocycles. The third kappa shape index (κ3) is 2.16. The van der Waals surface area contributed by atoms with Crippen LogP contribution in [0.25, 0.3) is 10.8 Å². The summed E-state index contributed by atoms with van der Waals surface area (Å²) in [6, 6.07) is 14.4. The maximum absolute atomic E-state index is 5.91. The van der Waals surface area contributed by atoms with Crippen molar-refractivity contribution in [2.24, 2.45) is 0 Å². The Morgan fingerprint density at radius 2 is 1.85 bits per heavy atom. The van der Waals surface area contributed by atoms with E-state index in [1.165, 1.54) is 11.7 Å². The Bertz CT molecular complexity index is 747. The Labute approximate surface area is 117 Å². The summed E-state index contributed by atoms with van der Waals surface area (Å²) in [6.07, 6.45) is 2.28. The predicted molar refractivity (Wildman–Crippen MR) is 83.1 cm³/mol. The van der Waals surface area contributed by atoms with Gasteiger partial charge >= 0.3 is 0 Å². The van der Waals surface area contributed by atoms with Gasteiger partial charge in [0.2, 0.25) is 0 Å². The highest BCUT2D eigenvalue weighted by molar-refractivity contribution is 5.95. The number of nitrogens with zero attached hydrogens (tertiary/aromatic N) is 2. The van der Waals surface area contributed by atoms with E-state index in [9.17, 15) is 0 Å². The fraction of sp³-hybridized carbons (Fsp3) is 0.125. The minimum atomic E-state index is 0.533. The van der Waals surface area contributed by atoms with E-state index >= 15 is 0 Å². The maximum atomic E-state index is 5.91. The van der Waals surface area contributed by atoms with E-state index in [1.807, 2.05) is 31.2 Å². The summed E-state index contributed by atoms with van der Waals surface area (Å²) in [7, 11) is 0. The molecule has 20 heavy (non-hydrogen) atoms. The summed E-state index contributed by atoms with van der Waals surface area (Å²) in [4.78, 5) is 8.35. The number of nitrogen functional groups attached to an aromatic ring is 1. The first-order valence-electron chi connectivity index (χ1n) is 6.63. The normalized spacial score (nSPS) is 10.7. The van der Waals surface area contributed by atoms with Crippen LogP contribution < -0.4 is 11.1 Å². The molecular formula is C16H16N4. The zero-order valence-electron chi connectivity index (χ0n) is 11.3. The van der Waals surface area contributed by atoms with Crippen molar-refractivity contribution >= 4 is 28.1 Å². The van der Waals surface area contributed by atoms with E-state index in [0.29, 0.717) is 5.82 Å². The van der Waals surface area contributed by atoms with E-state index in [-0.39, 0.29) is 0 Å². The summed E-state index contributed by atoms with van der Waals surface area (Å²) < 4.78 is 0. The number of rotatable bonds is 3. The molecule has 0 aliphatic rings. The largest absolute Gasteiger partial charge is 0.383 e. The molecule has 3 rings (SSSR count). The molecule has 100 valence electrons. The second-order valence-electron chi connectivity index (χ2n) is 4.59. The quantitative estimate of drug-likeness (QED) is 0.759. The molecule has 3 aromatic rings. The molecule has 1 aromatic heterocycles. The fourth-order valence-electron chi connectivity index (χ4n) is 2.34. The van der Waals surface area contributed by atoms with Crippen LogP contribution >= 0.6 is 0 Å². The summed E-state index contributed by atoms with van der Waals surface area (Å²) in [5.41, 5.74) is 7.88. The van der Waals surface area contributed by atoms with Crippen molar-refractivity contribution in [3.05, 3.63) is 54.4 Å². The van der Waals surface area contributed by atoms with Gasteiger partial charge in [0.05, 0.1) is 0 Å². The molecule has 0 amide bonds. The van der Waals surface area contributed by atoms with Gasteiger partial charge in [-0.2, -0.15) is 0 Å². The van der Waals surface area contributed by atoms with Gasteiger partial charge in [-0.25, -0.2) is 9.97 Å². The Kier molecular flexibility index (Phi) is 3.21. The second kappa shape index (κ2) is 5.17. The van der Waals surface area contributed by atoms with Crippen molar-refractivity contribution in [1.82, 2.24) is 9.97 Å². The van der Waals surface area contributed by atoms with Crippen LogP contribution in [-0.4, -0.2) is 9.97 Å². The zero-order valence-corrected chi connectivity index (χ0v) is 11.3. The fourth-order valence-corrected chi connectivity index (χ4v) is 2.34. The van der Waals surface area contributed by atoms with Gasteiger partial charge in [0.25, 0.3) is 0 Å². The highest BCUT2D eigenvalue weighted by Crippen LogP contribution is 2.28. The van der Waals surface area contributed by atoms with Crippen molar-refractivity contribution in [3.8, 4) is 0 Å². The summed E-state index contributed by atoms with van der Waals surface area (Å²) in [5, 5.41) is 5.73. The minimum Gasteiger partial charge on any atom is -0.383 e. The lowest BCUT2D eigenvalue weighted by atomic mass is 10.1. The van der Waals surface area contributed by atoms with Gasteiger partial charge in [0, 0.05) is 16.6 Å². The van der Waals surface area contributed by atoms with Crippen LogP contribution in [0.15, 0.2) is 48.8 Å². The number of hydrogen-bond donors (Lipinski definition) is 2. The SMILES string of the molecule is CCc1c(N)ncnc1Nc1cccc2ccccc12. The monoisotopic (exact) mass is 264 g/mol. The standard InChI is InChI=1S/C16H16N4/c1-2-12-15(17)18-10-19-16(12)20-14-9-5-7-11-6-3-4-8-13(11)14/h3-10H,2H2,1H3,(H3,17,18,19,20). The van der Waals surface area contributed by atoms with Crippen LogP contribution in [0.2, 0.25) is 0 Å².